The zero-order valence-corrected chi connectivity index (χ0v) is 19.7. The molecular weight excluding hydrogens is 472 g/mol. The van der Waals surface area contributed by atoms with Crippen LogP contribution in [0.5, 0.6) is 0 Å². The number of nitrogens with one attached hydrogen (secondary N) is 2. The minimum Gasteiger partial charge on any atom is -0.376 e. The Kier molecular flexibility index (Phi) is 6.54. The summed E-state index contributed by atoms with van der Waals surface area (Å²) in [4.78, 5) is 15.9. The first-order valence-corrected chi connectivity index (χ1v) is 12.2. The number of rotatable bonds is 7. The van der Waals surface area contributed by atoms with Gasteiger partial charge in [0.15, 0.2) is 11.0 Å². The van der Waals surface area contributed by atoms with Crippen LogP contribution in [0.25, 0.3) is 22.3 Å². The third kappa shape index (κ3) is 4.66. The van der Waals surface area contributed by atoms with Crippen molar-refractivity contribution in [2.24, 2.45) is 0 Å². The maximum Gasteiger partial charge on any atom is 0.234 e. The van der Waals surface area contributed by atoms with Gasteiger partial charge in [-0.3, -0.25) is 9.36 Å². The fourth-order valence-electron chi connectivity index (χ4n) is 4.04. The second-order valence-electron chi connectivity index (χ2n) is 7.94. The number of ether oxygens (including phenoxy) is 1. The summed E-state index contributed by atoms with van der Waals surface area (Å²) in [6.45, 7) is 1.36. The van der Waals surface area contributed by atoms with Gasteiger partial charge < -0.3 is 15.0 Å². The number of nitriles is 1. The number of carbonyl (C=O) groups is 1. The van der Waals surface area contributed by atoms with Crippen LogP contribution in [0.15, 0.2) is 53.8 Å². The van der Waals surface area contributed by atoms with Crippen LogP contribution in [-0.2, 0) is 16.1 Å². The van der Waals surface area contributed by atoms with Crippen molar-refractivity contribution in [3.8, 4) is 17.5 Å². The number of carbonyl (C=O) groups excluding carboxylic acids is 1. The molecule has 1 saturated heterocycles. The summed E-state index contributed by atoms with van der Waals surface area (Å²) in [5.74, 6) is 0.580. The Hall–Kier alpha value is -3.32. The van der Waals surface area contributed by atoms with Crippen LogP contribution in [-0.4, -0.2) is 44.1 Å². The maximum absolute atomic E-state index is 12.7. The molecule has 1 amide bonds. The van der Waals surface area contributed by atoms with E-state index in [0.717, 1.165) is 41.7 Å². The maximum atomic E-state index is 12.7. The fourth-order valence-corrected chi connectivity index (χ4v) is 4.96. The summed E-state index contributed by atoms with van der Waals surface area (Å²) in [7, 11) is 0. The van der Waals surface area contributed by atoms with Crippen molar-refractivity contribution >= 4 is 45.9 Å². The van der Waals surface area contributed by atoms with Crippen LogP contribution in [0.3, 0.4) is 0 Å². The molecule has 0 bridgehead atoms. The van der Waals surface area contributed by atoms with E-state index in [0.29, 0.717) is 28.0 Å². The zero-order chi connectivity index (χ0) is 23.5. The molecule has 4 aromatic rings. The van der Waals surface area contributed by atoms with Gasteiger partial charge in [-0.1, -0.05) is 41.6 Å². The Morgan fingerprint density at radius 1 is 1.32 bits per heavy atom. The first kappa shape index (κ1) is 22.5. The average Bonchev–Trinajstić information content (AvgIpc) is 3.58. The van der Waals surface area contributed by atoms with Crippen LogP contribution in [0.2, 0.25) is 5.02 Å². The molecule has 0 unspecified atom stereocenters. The number of aromatic amines is 1. The van der Waals surface area contributed by atoms with Gasteiger partial charge in [0.1, 0.15) is 6.07 Å². The number of amides is 1. The van der Waals surface area contributed by atoms with Crippen molar-refractivity contribution < 1.29 is 9.53 Å². The third-order valence-electron chi connectivity index (χ3n) is 5.67. The van der Waals surface area contributed by atoms with Crippen molar-refractivity contribution in [1.29, 1.82) is 5.26 Å². The van der Waals surface area contributed by atoms with Gasteiger partial charge in [0.05, 0.1) is 29.7 Å². The summed E-state index contributed by atoms with van der Waals surface area (Å²) in [6, 6.07) is 14.9. The molecule has 10 heteroatoms. The summed E-state index contributed by atoms with van der Waals surface area (Å²) in [6.07, 6.45) is 4.02. The molecule has 2 aromatic heterocycles. The van der Waals surface area contributed by atoms with Crippen LogP contribution in [0.4, 0.5) is 5.69 Å². The van der Waals surface area contributed by atoms with E-state index in [-0.39, 0.29) is 17.8 Å². The summed E-state index contributed by atoms with van der Waals surface area (Å²) >= 11 is 7.32. The van der Waals surface area contributed by atoms with Gasteiger partial charge in [-0.25, -0.2) is 0 Å². The van der Waals surface area contributed by atoms with Crippen LogP contribution >= 0.6 is 23.4 Å². The molecule has 172 valence electrons. The average molecular weight is 493 g/mol. The van der Waals surface area contributed by atoms with Gasteiger partial charge in [0.25, 0.3) is 0 Å². The number of hydrogen-bond donors (Lipinski definition) is 2. The van der Waals surface area contributed by atoms with Gasteiger partial charge in [-0.15, -0.1) is 10.2 Å². The molecule has 1 fully saturated rings. The highest BCUT2D eigenvalue weighted by atomic mass is 35.5. The Morgan fingerprint density at radius 3 is 3.03 bits per heavy atom. The van der Waals surface area contributed by atoms with Crippen molar-refractivity contribution in [3.63, 3.8) is 0 Å². The van der Waals surface area contributed by atoms with E-state index in [1.54, 1.807) is 18.2 Å². The number of halogens is 1. The Balaban J connectivity index is 1.39. The van der Waals surface area contributed by atoms with E-state index >= 15 is 0 Å². The zero-order valence-electron chi connectivity index (χ0n) is 18.1. The molecule has 1 aliphatic rings. The van der Waals surface area contributed by atoms with Gasteiger partial charge >= 0.3 is 0 Å². The quantitative estimate of drug-likeness (QED) is 0.356. The van der Waals surface area contributed by atoms with E-state index in [4.69, 9.17) is 16.3 Å². The van der Waals surface area contributed by atoms with Crippen molar-refractivity contribution in [2.45, 2.75) is 30.6 Å². The molecule has 0 spiro atoms. The first-order valence-electron chi connectivity index (χ1n) is 10.9. The molecule has 5 rings (SSSR count). The predicted molar refractivity (Wildman–Crippen MR) is 132 cm³/mol. The van der Waals surface area contributed by atoms with Crippen molar-refractivity contribution in [3.05, 3.63) is 59.2 Å². The van der Waals surface area contributed by atoms with E-state index in [1.165, 1.54) is 11.8 Å². The predicted octanol–water partition coefficient (Wildman–Crippen LogP) is 4.86. The molecule has 1 aliphatic heterocycles. The van der Waals surface area contributed by atoms with E-state index in [2.05, 4.69) is 26.6 Å². The number of benzene rings is 2. The second kappa shape index (κ2) is 9.89. The lowest BCUT2D eigenvalue weighted by Gasteiger charge is -2.14. The first-order chi connectivity index (χ1) is 16.6. The Bertz CT molecular complexity index is 1390. The van der Waals surface area contributed by atoms with Crippen molar-refractivity contribution in [2.75, 3.05) is 17.7 Å². The molecular formula is C24H21ClN6O2S. The highest BCUT2D eigenvalue weighted by Gasteiger charge is 2.23. The minimum absolute atomic E-state index is 0.0813. The number of nitrogens with zero attached hydrogens (tertiary/aromatic N) is 4. The van der Waals surface area contributed by atoms with Crippen LogP contribution < -0.4 is 5.32 Å². The lowest BCUT2D eigenvalue weighted by molar-refractivity contribution is -0.113. The fraction of sp³-hybridized carbons (Fsp3) is 0.250. The largest absolute Gasteiger partial charge is 0.376 e. The molecule has 2 N–H and O–H groups in total. The Labute approximate surface area is 205 Å². The number of para-hydroxylation sites is 1. The van der Waals surface area contributed by atoms with Crippen molar-refractivity contribution in [1.82, 2.24) is 19.7 Å². The van der Waals surface area contributed by atoms with E-state index in [1.807, 2.05) is 35.0 Å². The smallest absolute Gasteiger partial charge is 0.234 e. The third-order valence-corrected chi connectivity index (χ3v) is 6.87. The number of hydrogen-bond acceptors (Lipinski definition) is 6. The SMILES string of the molecule is N#Cc1ccc(Cl)cc1NC(=O)CSc1nnc(-c2c[nH]c3ccccc23)n1C[C@@H]1CCCO1. The van der Waals surface area contributed by atoms with Gasteiger partial charge in [0.2, 0.25) is 5.91 Å². The molecule has 8 nitrogen and oxygen atoms in total. The standard InChI is InChI=1S/C24H21ClN6O2S/c25-16-8-7-15(11-26)21(10-16)28-22(32)14-34-24-30-29-23(31(24)13-17-4-3-9-33-17)19-12-27-20-6-2-1-5-18(19)20/h1-2,5-8,10,12,17,27H,3-4,9,13-14H2,(H,28,32)/t17-/m0/s1. The molecule has 3 heterocycles. The molecule has 0 aliphatic carbocycles. The van der Waals surface area contributed by atoms with E-state index < -0.39 is 0 Å². The van der Waals surface area contributed by atoms with E-state index in [9.17, 15) is 10.1 Å². The minimum atomic E-state index is -0.260. The number of aromatic nitrogens is 4. The molecule has 0 saturated carbocycles. The van der Waals surface area contributed by atoms with Gasteiger partial charge in [-0.05, 0) is 37.1 Å². The molecule has 1 atom stereocenters. The van der Waals surface area contributed by atoms with Crippen LogP contribution in [0, 0.1) is 11.3 Å². The second-order valence-corrected chi connectivity index (χ2v) is 9.32. The molecule has 0 radical (unpaired) electrons. The highest BCUT2D eigenvalue weighted by Crippen LogP contribution is 2.31. The number of anilines is 1. The molecule has 34 heavy (non-hydrogen) atoms. The normalized spacial score (nSPS) is 15.5. The summed E-state index contributed by atoms with van der Waals surface area (Å²) in [5.41, 5.74) is 2.72. The number of thioether (sulfide) groups is 1. The highest BCUT2D eigenvalue weighted by molar-refractivity contribution is 7.99. The lowest BCUT2D eigenvalue weighted by Crippen LogP contribution is -2.18. The topological polar surface area (TPSA) is 109 Å². The number of H-pyrrole nitrogens is 1. The van der Waals surface area contributed by atoms with Gasteiger partial charge in [0, 0.05) is 34.3 Å². The monoisotopic (exact) mass is 492 g/mol. The Morgan fingerprint density at radius 2 is 2.21 bits per heavy atom. The lowest BCUT2D eigenvalue weighted by atomic mass is 10.1. The summed E-state index contributed by atoms with van der Waals surface area (Å²) < 4.78 is 7.90. The molecule has 2 aromatic carbocycles. The number of fused-ring (bicyclic) bond motifs is 1. The van der Waals surface area contributed by atoms with Gasteiger partial charge in [-0.2, -0.15) is 5.26 Å². The summed E-state index contributed by atoms with van der Waals surface area (Å²) in [5, 5.41) is 23.1. The van der Waals surface area contributed by atoms with Crippen LogP contribution in [0.1, 0.15) is 18.4 Å².